The maximum absolute atomic E-state index is 12.6. The number of para-hydroxylation sites is 1. The number of amides is 2. The van der Waals surface area contributed by atoms with E-state index < -0.39 is 6.10 Å². The van der Waals surface area contributed by atoms with Crippen molar-refractivity contribution in [1.82, 2.24) is 10.6 Å². The topological polar surface area (TPSA) is 79.5 Å². The van der Waals surface area contributed by atoms with Crippen molar-refractivity contribution < 1.29 is 14.3 Å². The van der Waals surface area contributed by atoms with Crippen molar-refractivity contribution in [3.8, 4) is 5.75 Å². The van der Waals surface area contributed by atoms with Gasteiger partial charge in [-0.3, -0.25) is 9.59 Å². The summed E-state index contributed by atoms with van der Waals surface area (Å²) < 4.78 is 5.73. The maximum Gasteiger partial charge on any atom is 0.265 e. The summed E-state index contributed by atoms with van der Waals surface area (Å²) in [6, 6.07) is 14.8. The molecule has 146 valence electrons. The van der Waals surface area contributed by atoms with Crippen molar-refractivity contribution in [3.05, 3.63) is 59.7 Å². The Morgan fingerprint density at radius 1 is 1.14 bits per heavy atom. The zero-order valence-electron chi connectivity index (χ0n) is 15.9. The van der Waals surface area contributed by atoms with E-state index in [0.717, 1.165) is 30.8 Å². The highest BCUT2D eigenvalue weighted by molar-refractivity contribution is 5.98. The van der Waals surface area contributed by atoms with Crippen LogP contribution < -0.4 is 20.7 Å². The zero-order chi connectivity index (χ0) is 19.5. The molecule has 0 spiro atoms. The van der Waals surface area contributed by atoms with Gasteiger partial charge in [-0.25, -0.2) is 0 Å². The molecule has 2 amide bonds. The zero-order valence-corrected chi connectivity index (χ0v) is 15.9. The average Bonchev–Trinajstić information content (AvgIpc) is 3.14. The van der Waals surface area contributed by atoms with Crippen molar-refractivity contribution in [2.75, 3.05) is 18.4 Å². The Morgan fingerprint density at radius 3 is 2.82 bits per heavy atom. The lowest BCUT2D eigenvalue weighted by Gasteiger charge is -2.30. The number of benzene rings is 2. The molecule has 2 aromatic carbocycles. The van der Waals surface area contributed by atoms with Crippen LogP contribution >= 0.6 is 0 Å². The van der Waals surface area contributed by atoms with E-state index in [1.165, 1.54) is 0 Å². The number of carbonyl (C=O) groups is 2. The first kappa shape index (κ1) is 18.5. The van der Waals surface area contributed by atoms with E-state index >= 15 is 0 Å². The van der Waals surface area contributed by atoms with Gasteiger partial charge in [-0.2, -0.15) is 0 Å². The molecule has 3 N–H and O–H groups in total. The maximum atomic E-state index is 12.6. The molecule has 6 nitrogen and oxygen atoms in total. The number of carbonyl (C=O) groups excluding carboxylic acids is 2. The summed E-state index contributed by atoms with van der Waals surface area (Å²) in [5.41, 5.74) is 2.16. The van der Waals surface area contributed by atoms with Crippen molar-refractivity contribution in [3.63, 3.8) is 0 Å². The first-order chi connectivity index (χ1) is 13.6. The largest absolute Gasteiger partial charge is 0.480 e. The van der Waals surface area contributed by atoms with E-state index in [4.69, 9.17) is 4.74 Å². The van der Waals surface area contributed by atoms with Crippen molar-refractivity contribution in [2.45, 2.75) is 31.9 Å². The summed E-state index contributed by atoms with van der Waals surface area (Å²) in [5, 5.41) is 9.28. The summed E-state index contributed by atoms with van der Waals surface area (Å²) in [4.78, 5) is 25.2. The summed E-state index contributed by atoms with van der Waals surface area (Å²) in [7, 11) is 0. The van der Waals surface area contributed by atoms with Gasteiger partial charge in [0.2, 0.25) is 0 Å². The lowest BCUT2D eigenvalue weighted by molar-refractivity contribution is -0.122. The lowest BCUT2D eigenvalue weighted by Crippen LogP contribution is -2.50. The van der Waals surface area contributed by atoms with Crippen LogP contribution in [0.2, 0.25) is 0 Å². The molecule has 0 radical (unpaired) electrons. The molecule has 3 unspecified atom stereocenters. The molecule has 0 aliphatic carbocycles. The lowest BCUT2D eigenvalue weighted by atomic mass is 9.94. The van der Waals surface area contributed by atoms with E-state index in [2.05, 4.69) is 22.9 Å². The molecule has 2 aliphatic heterocycles. The molecular weight excluding hydrogens is 354 g/mol. The molecule has 1 saturated heterocycles. The Hall–Kier alpha value is -2.86. The number of rotatable bonds is 4. The van der Waals surface area contributed by atoms with Crippen molar-refractivity contribution in [2.24, 2.45) is 5.92 Å². The van der Waals surface area contributed by atoms with Crippen LogP contribution in [0.3, 0.4) is 0 Å². The third-order valence-corrected chi connectivity index (χ3v) is 5.48. The van der Waals surface area contributed by atoms with Gasteiger partial charge in [0.1, 0.15) is 5.75 Å². The monoisotopic (exact) mass is 379 g/mol. The quantitative estimate of drug-likeness (QED) is 0.762. The molecular formula is C22H25N3O3. The van der Waals surface area contributed by atoms with E-state index in [0.29, 0.717) is 23.6 Å². The second kappa shape index (κ2) is 8.02. The van der Waals surface area contributed by atoms with Gasteiger partial charge >= 0.3 is 0 Å². The van der Waals surface area contributed by atoms with Gasteiger partial charge in [0.25, 0.3) is 11.8 Å². The molecule has 2 aromatic rings. The van der Waals surface area contributed by atoms with Crippen molar-refractivity contribution >= 4 is 17.5 Å². The third-order valence-electron chi connectivity index (χ3n) is 5.48. The summed E-state index contributed by atoms with van der Waals surface area (Å²) in [6.45, 7) is 3.92. The number of nitrogens with one attached hydrogen (secondary N) is 3. The van der Waals surface area contributed by atoms with Crippen LogP contribution in [-0.4, -0.2) is 37.0 Å². The van der Waals surface area contributed by atoms with E-state index in [1.807, 2.05) is 24.3 Å². The van der Waals surface area contributed by atoms with Gasteiger partial charge < -0.3 is 20.7 Å². The van der Waals surface area contributed by atoms with Gasteiger partial charge in [-0.15, -0.1) is 0 Å². The van der Waals surface area contributed by atoms with Gasteiger partial charge in [0, 0.05) is 30.3 Å². The summed E-state index contributed by atoms with van der Waals surface area (Å²) in [6.07, 6.45) is 1.04. The number of hydrogen-bond donors (Lipinski definition) is 3. The third kappa shape index (κ3) is 4.02. The van der Waals surface area contributed by atoms with Crippen LogP contribution in [0.15, 0.2) is 48.5 Å². The molecule has 0 aromatic heterocycles. The molecule has 3 atom stereocenters. The Kier molecular flexibility index (Phi) is 5.30. The first-order valence-corrected chi connectivity index (χ1v) is 9.77. The van der Waals surface area contributed by atoms with Crippen molar-refractivity contribution in [1.29, 1.82) is 0 Å². The Morgan fingerprint density at radius 2 is 2.00 bits per heavy atom. The molecule has 2 aliphatic rings. The first-order valence-electron chi connectivity index (χ1n) is 9.77. The van der Waals surface area contributed by atoms with Crippen LogP contribution in [0.1, 0.15) is 29.3 Å². The number of anilines is 1. The Balaban J connectivity index is 1.38. The Bertz CT molecular complexity index is 858. The molecule has 0 saturated carbocycles. The molecule has 0 bridgehead atoms. The average molecular weight is 379 g/mol. The standard InChI is InChI=1S/C22H25N3O3/c1-14-9-10-23-13-18(14)25-21(26)16-6-4-7-17(11-16)24-22(27)20-12-15-5-2-3-8-19(15)28-20/h2-8,11,14,18,20,23H,9-10,12-13H2,1H3,(H,24,27)(H,25,26). The number of ether oxygens (including phenoxy) is 1. The summed E-state index contributed by atoms with van der Waals surface area (Å²) in [5.74, 6) is 0.861. The SMILES string of the molecule is CC1CCNCC1NC(=O)c1cccc(NC(=O)C2Cc3ccccc3O2)c1. The number of hydrogen-bond acceptors (Lipinski definition) is 4. The fourth-order valence-corrected chi connectivity index (χ4v) is 3.72. The molecule has 4 rings (SSSR count). The van der Waals surface area contributed by atoms with Gasteiger partial charge in [0.15, 0.2) is 6.10 Å². The highest BCUT2D eigenvalue weighted by atomic mass is 16.5. The molecule has 6 heteroatoms. The fourth-order valence-electron chi connectivity index (χ4n) is 3.72. The molecule has 1 fully saturated rings. The predicted molar refractivity (Wildman–Crippen MR) is 108 cm³/mol. The van der Waals surface area contributed by atoms with Crippen LogP contribution in [0, 0.1) is 5.92 Å². The minimum atomic E-state index is -0.552. The van der Waals surface area contributed by atoms with Crippen LogP contribution in [-0.2, 0) is 11.2 Å². The second-order valence-electron chi connectivity index (χ2n) is 7.54. The van der Waals surface area contributed by atoms with Crippen LogP contribution in [0.4, 0.5) is 5.69 Å². The van der Waals surface area contributed by atoms with Gasteiger partial charge in [0.05, 0.1) is 0 Å². The highest BCUT2D eigenvalue weighted by Crippen LogP contribution is 2.28. The number of piperidine rings is 1. The molecule has 2 heterocycles. The van der Waals surface area contributed by atoms with E-state index in [1.54, 1.807) is 24.3 Å². The van der Waals surface area contributed by atoms with Gasteiger partial charge in [-0.05, 0) is 48.7 Å². The second-order valence-corrected chi connectivity index (χ2v) is 7.54. The minimum absolute atomic E-state index is 0.116. The van der Waals surface area contributed by atoms with E-state index in [9.17, 15) is 9.59 Å². The van der Waals surface area contributed by atoms with E-state index in [-0.39, 0.29) is 17.9 Å². The normalized spacial score (nSPS) is 23.4. The highest BCUT2D eigenvalue weighted by Gasteiger charge is 2.29. The predicted octanol–water partition coefficient (Wildman–Crippen LogP) is 2.36. The fraction of sp³-hybridized carbons (Fsp3) is 0.364. The summed E-state index contributed by atoms with van der Waals surface area (Å²) >= 11 is 0. The van der Waals surface area contributed by atoms with Crippen LogP contribution in [0.5, 0.6) is 5.75 Å². The van der Waals surface area contributed by atoms with Gasteiger partial charge in [-0.1, -0.05) is 31.2 Å². The smallest absolute Gasteiger partial charge is 0.265 e. The Labute approximate surface area is 164 Å². The minimum Gasteiger partial charge on any atom is -0.480 e. The van der Waals surface area contributed by atoms with Crippen LogP contribution in [0.25, 0.3) is 0 Å². The number of fused-ring (bicyclic) bond motifs is 1. The molecule has 28 heavy (non-hydrogen) atoms.